The van der Waals surface area contributed by atoms with E-state index in [0.29, 0.717) is 28.2 Å². The minimum atomic E-state index is -0.124. The molecule has 0 aliphatic carbocycles. The standard InChI is InChI=1S/C12H14BrClN2O2/c13-10-5-8(1-2-11(10)14)12(17)16-7-9-6-15-3-4-18-9/h1-2,5,9,15H,3-4,6-7H2,(H,16,17). The Balaban J connectivity index is 1.88. The van der Waals surface area contributed by atoms with Crippen molar-refractivity contribution in [3.63, 3.8) is 0 Å². The molecule has 0 aromatic heterocycles. The topological polar surface area (TPSA) is 50.4 Å². The first kappa shape index (κ1) is 13.8. The Hall–Kier alpha value is -0.620. The molecule has 2 N–H and O–H groups in total. The molecule has 0 spiro atoms. The highest BCUT2D eigenvalue weighted by Gasteiger charge is 2.15. The van der Waals surface area contributed by atoms with Gasteiger partial charge in [-0.1, -0.05) is 11.6 Å². The van der Waals surface area contributed by atoms with Crippen LogP contribution in [0, 0.1) is 0 Å². The van der Waals surface area contributed by atoms with Gasteiger partial charge in [-0.2, -0.15) is 0 Å². The van der Waals surface area contributed by atoms with Gasteiger partial charge in [-0.05, 0) is 34.1 Å². The van der Waals surface area contributed by atoms with Crippen LogP contribution in [0.5, 0.6) is 0 Å². The number of rotatable bonds is 3. The largest absolute Gasteiger partial charge is 0.374 e. The van der Waals surface area contributed by atoms with E-state index in [1.165, 1.54) is 0 Å². The molecule has 18 heavy (non-hydrogen) atoms. The average molecular weight is 334 g/mol. The lowest BCUT2D eigenvalue weighted by Crippen LogP contribution is -2.45. The van der Waals surface area contributed by atoms with E-state index in [0.717, 1.165) is 13.1 Å². The third-order valence-electron chi connectivity index (χ3n) is 2.68. The monoisotopic (exact) mass is 332 g/mol. The molecule has 6 heteroatoms. The summed E-state index contributed by atoms with van der Waals surface area (Å²) < 4.78 is 6.21. The first-order valence-electron chi connectivity index (χ1n) is 5.72. The number of halogens is 2. The normalized spacial score (nSPS) is 19.6. The predicted octanol–water partition coefficient (Wildman–Crippen LogP) is 1.82. The molecular formula is C12H14BrClN2O2. The van der Waals surface area contributed by atoms with Crippen molar-refractivity contribution in [3.8, 4) is 0 Å². The molecule has 0 bridgehead atoms. The highest BCUT2D eigenvalue weighted by molar-refractivity contribution is 9.10. The van der Waals surface area contributed by atoms with Crippen LogP contribution >= 0.6 is 27.5 Å². The van der Waals surface area contributed by atoms with Crippen molar-refractivity contribution in [1.82, 2.24) is 10.6 Å². The number of hydrogen-bond donors (Lipinski definition) is 2. The molecule has 1 amide bonds. The van der Waals surface area contributed by atoms with Gasteiger partial charge in [0.15, 0.2) is 0 Å². The van der Waals surface area contributed by atoms with Crippen molar-refractivity contribution in [3.05, 3.63) is 33.3 Å². The van der Waals surface area contributed by atoms with E-state index >= 15 is 0 Å². The first-order chi connectivity index (χ1) is 8.66. The van der Waals surface area contributed by atoms with Crippen LogP contribution in [0.25, 0.3) is 0 Å². The smallest absolute Gasteiger partial charge is 0.251 e. The lowest BCUT2D eigenvalue weighted by Gasteiger charge is -2.23. The second-order valence-corrected chi connectivity index (χ2v) is 5.30. The van der Waals surface area contributed by atoms with Crippen molar-refractivity contribution in [2.24, 2.45) is 0 Å². The van der Waals surface area contributed by atoms with E-state index in [2.05, 4.69) is 26.6 Å². The SMILES string of the molecule is O=C(NCC1CNCCO1)c1ccc(Cl)c(Br)c1. The number of morpholine rings is 1. The Morgan fingerprint density at radius 2 is 2.44 bits per heavy atom. The summed E-state index contributed by atoms with van der Waals surface area (Å²) in [6.45, 7) is 2.83. The maximum Gasteiger partial charge on any atom is 0.251 e. The summed E-state index contributed by atoms with van der Waals surface area (Å²) in [5.41, 5.74) is 0.579. The third-order valence-corrected chi connectivity index (χ3v) is 3.89. The summed E-state index contributed by atoms with van der Waals surface area (Å²) in [4.78, 5) is 11.9. The number of ether oxygens (including phenoxy) is 1. The summed E-state index contributed by atoms with van der Waals surface area (Å²) >= 11 is 9.17. The summed E-state index contributed by atoms with van der Waals surface area (Å²) in [5.74, 6) is -0.124. The van der Waals surface area contributed by atoms with Crippen LogP contribution in [-0.4, -0.2) is 38.3 Å². The van der Waals surface area contributed by atoms with Crippen molar-refractivity contribution in [1.29, 1.82) is 0 Å². The minimum Gasteiger partial charge on any atom is -0.374 e. The lowest BCUT2D eigenvalue weighted by molar-refractivity contribution is 0.0287. The van der Waals surface area contributed by atoms with Crippen molar-refractivity contribution >= 4 is 33.4 Å². The van der Waals surface area contributed by atoms with Crippen LogP contribution in [0.4, 0.5) is 0 Å². The van der Waals surface area contributed by atoms with Gasteiger partial charge in [0.25, 0.3) is 5.91 Å². The molecular weight excluding hydrogens is 320 g/mol. The van der Waals surface area contributed by atoms with Crippen molar-refractivity contribution in [2.75, 3.05) is 26.2 Å². The molecule has 1 aliphatic heterocycles. The molecule has 2 rings (SSSR count). The minimum absolute atomic E-state index is 0.0402. The van der Waals surface area contributed by atoms with Gasteiger partial charge >= 0.3 is 0 Å². The predicted molar refractivity (Wildman–Crippen MR) is 74.1 cm³/mol. The summed E-state index contributed by atoms with van der Waals surface area (Å²) in [7, 11) is 0. The average Bonchev–Trinajstić information content (AvgIpc) is 2.40. The fourth-order valence-corrected chi connectivity index (χ4v) is 2.19. The van der Waals surface area contributed by atoms with E-state index in [1.807, 2.05) is 0 Å². The molecule has 1 unspecified atom stereocenters. The molecule has 1 heterocycles. The van der Waals surface area contributed by atoms with E-state index in [-0.39, 0.29) is 12.0 Å². The zero-order valence-corrected chi connectivity index (χ0v) is 12.1. The van der Waals surface area contributed by atoms with Crippen molar-refractivity contribution in [2.45, 2.75) is 6.10 Å². The molecule has 1 saturated heterocycles. The second kappa shape index (κ2) is 6.52. The molecule has 1 aliphatic rings. The number of amides is 1. The van der Waals surface area contributed by atoms with Crippen LogP contribution < -0.4 is 10.6 Å². The third kappa shape index (κ3) is 3.68. The molecule has 4 nitrogen and oxygen atoms in total. The van der Waals surface area contributed by atoms with Gasteiger partial charge in [-0.15, -0.1) is 0 Å². The summed E-state index contributed by atoms with van der Waals surface area (Å²) in [5, 5.41) is 6.65. The zero-order chi connectivity index (χ0) is 13.0. The van der Waals surface area contributed by atoms with Crippen LogP contribution in [0.1, 0.15) is 10.4 Å². The Bertz CT molecular complexity index is 436. The van der Waals surface area contributed by atoms with Gasteiger partial charge in [-0.25, -0.2) is 0 Å². The molecule has 1 aromatic carbocycles. The van der Waals surface area contributed by atoms with Gasteiger partial charge < -0.3 is 15.4 Å². The van der Waals surface area contributed by atoms with E-state index < -0.39 is 0 Å². The Labute approximate surface area is 119 Å². The molecule has 1 fully saturated rings. The first-order valence-corrected chi connectivity index (χ1v) is 6.89. The van der Waals surface area contributed by atoms with E-state index in [4.69, 9.17) is 16.3 Å². The van der Waals surface area contributed by atoms with Crippen LogP contribution in [0.15, 0.2) is 22.7 Å². The van der Waals surface area contributed by atoms with Crippen LogP contribution in [0.2, 0.25) is 5.02 Å². The van der Waals surface area contributed by atoms with Crippen LogP contribution in [-0.2, 0) is 4.74 Å². The zero-order valence-electron chi connectivity index (χ0n) is 9.71. The molecule has 1 aromatic rings. The number of hydrogen-bond acceptors (Lipinski definition) is 3. The molecule has 0 saturated carbocycles. The maximum atomic E-state index is 11.9. The number of nitrogens with one attached hydrogen (secondary N) is 2. The Kier molecular flexibility index (Phi) is 5.00. The number of carbonyl (C=O) groups is 1. The summed E-state index contributed by atoms with van der Waals surface area (Å²) in [6.07, 6.45) is 0.0402. The Morgan fingerprint density at radius 1 is 1.61 bits per heavy atom. The van der Waals surface area contributed by atoms with Gasteiger partial charge in [0.1, 0.15) is 0 Å². The highest BCUT2D eigenvalue weighted by atomic mass is 79.9. The highest BCUT2D eigenvalue weighted by Crippen LogP contribution is 2.23. The van der Waals surface area contributed by atoms with Crippen LogP contribution in [0.3, 0.4) is 0 Å². The number of carbonyl (C=O) groups excluding carboxylic acids is 1. The van der Waals surface area contributed by atoms with Gasteiger partial charge in [0, 0.05) is 29.7 Å². The van der Waals surface area contributed by atoms with E-state index in [1.54, 1.807) is 18.2 Å². The summed E-state index contributed by atoms with van der Waals surface area (Å²) in [6, 6.07) is 5.10. The van der Waals surface area contributed by atoms with Crippen molar-refractivity contribution < 1.29 is 9.53 Å². The van der Waals surface area contributed by atoms with Gasteiger partial charge in [0.2, 0.25) is 0 Å². The fourth-order valence-electron chi connectivity index (χ4n) is 1.70. The van der Waals surface area contributed by atoms with Gasteiger partial charge in [0.05, 0.1) is 17.7 Å². The molecule has 0 radical (unpaired) electrons. The Morgan fingerprint density at radius 3 is 3.11 bits per heavy atom. The lowest BCUT2D eigenvalue weighted by atomic mass is 10.2. The van der Waals surface area contributed by atoms with E-state index in [9.17, 15) is 4.79 Å². The number of benzene rings is 1. The molecule has 98 valence electrons. The second-order valence-electron chi connectivity index (χ2n) is 4.04. The maximum absolute atomic E-state index is 11.9. The molecule has 1 atom stereocenters. The van der Waals surface area contributed by atoms with Gasteiger partial charge in [-0.3, -0.25) is 4.79 Å². The quantitative estimate of drug-likeness (QED) is 0.887. The fraction of sp³-hybridized carbons (Fsp3) is 0.417.